The molecule has 0 amide bonds. The highest BCUT2D eigenvalue weighted by molar-refractivity contribution is 7.16. The standard InChI is InChI=1S/C12H12ClFN2S/c1-7-6-8(14)2-3-9(7)12(16-15)10-4-5-11(13)17-10/h2-6,12,16H,15H2,1H3. The van der Waals surface area contributed by atoms with Crippen LogP contribution in [0.3, 0.4) is 0 Å². The van der Waals surface area contributed by atoms with Crippen molar-refractivity contribution in [1.82, 2.24) is 5.43 Å². The molecule has 2 aromatic rings. The van der Waals surface area contributed by atoms with E-state index in [-0.39, 0.29) is 11.9 Å². The fraction of sp³-hybridized carbons (Fsp3) is 0.167. The Labute approximate surface area is 108 Å². The van der Waals surface area contributed by atoms with E-state index >= 15 is 0 Å². The third kappa shape index (κ3) is 2.66. The second kappa shape index (κ2) is 5.14. The molecule has 1 aromatic carbocycles. The van der Waals surface area contributed by atoms with E-state index in [2.05, 4.69) is 5.43 Å². The summed E-state index contributed by atoms with van der Waals surface area (Å²) in [6.07, 6.45) is 0. The van der Waals surface area contributed by atoms with Gasteiger partial charge in [-0.1, -0.05) is 17.7 Å². The maximum atomic E-state index is 13.1. The van der Waals surface area contributed by atoms with Crippen molar-refractivity contribution in [2.75, 3.05) is 0 Å². The van der Waals surface area contributed by atoms with E-state index in [0.717, 1.165) is 16.0 Å². The summed E-state index contributed by atoms with van der Waals surface area (Å²) in [5, 5.41) is 0. The number of nitrogens with two attached hydrogens (primary N) is 1. The van der Waals surface area contributed by atoms with Crippen LogP contribution in [0.1, 0.15) is 22.0 Å². The van der Waals surface area contributed by atoms with Gasteiger partial charge in [-0.2, -0.15) is 0 Å². The molecular weight excluding hydrogens is 259 g/mol. The van der Waals surface area contributed by atoms with Gasteiger partial charge in [0.2, 0.25) is 0 Å². The molecule has 0 spiro atoms. The molecule has 0 aliphatic carbocycles. The van der Waals surface area contributed by atoms with E-state index in [1.54, 1.807) is 6.07 Å². The number of halogens is 2. The van der Waals surface area contributed by atoms with E-state index in [1.807, 2.05) is 19.1 Å². The van der Waals surface area contributed by atoms with Crippen LogP contribution < -0.4 is 11.3 Å². The van der Waals surface area contributed by atoms with Crippen LogP contribution in [0.25, 0.3) is 0 Å². The molecular formula is C12H12ClFN2S. The highest BCUT2D eigenvalue weighted by Crippen LogP contribution is 2.32. The Morgan fingerprint density at radius 1 is 1.35 bits per heavy atom. The Bertz CT molecular complexity index is 527. The van der Waals surface area contributed by atoms with Crippen LogP contribution in [-0.4, -0.2) is 0 Å². The van der Waals surface area contributed by atoms with Gasteiger partial charge in [0.25, 0.3) is 0 Å². The van der Waals surface area contributed by atoms with Gasteiger partial charge in [-0.15, -0.1) is 11.3 Å². The van der Waals surface area contributed by atoms with Gasteiger partial charge in [-0.25, -0.2) is 9.82 Å². The lowest BCUT2D eigenvalue weighted by molar-refractivity contribution is 0.615. The molecule has 0 fully saturated rings. The summed E-state index contributed by atoms with van der Waals surface area (Å²) in [5.74, 6) is 5.33. The number of nitrogens with one attached hydrogen (secondary N) is 1. The monoisotopic (exact) mass is 270 g/mol. The number of hydrogen-bond acceptors (Lipinski definition) is 3. The highest BCUT2D eigenvalue weighted by atomic mass is 35.5. The third-order valence-electron chi connectivity index (χ3n) is 2.59. The summed E-state index contributed by atoms with van der Waals surface area (Å²) in [5.41, 5.74) is 4.55. The quantitative estimate of drug-likeness (QED) is 0.663. The Balaban J connectivity index is 2.42. The molecule has 1 aromatic heterocycles. The largest absolute Gasteiger partial charge is 0.271 e. The predicted octanol–water partition coefficient (Wildman–Crippen LogP) is 3.40. The molecule has 0 saturated heterocycles. The van der Waals surface area contributed by atoms with Crippen molar-refractivity contribution in [3.05, 3.63) is 56.5 Å². The summed E-state index contributed by atoms with van der Waals surface area (Å²) in [6.45, 7) is 1.86. The van der Waals surface area contributed by atoms with Crippen molar-refractivity contribution in [2.45, 2.75) is 13.0 Å². The van der Waals surface area contributed by atoms with Crippen molar-refractivity contribution in [2.24, 2.45) is 5.84 Å². The molecule has 5 heteroatoms. The van der Waals surface area contributed by atoms with E-state index in [0.29, 0.717) is 4.34 Å². The number of hydrogen-bond donors (Lipinski definition) is 2. The van der Waals surface area contributed by atoms with Crippen molar-refractivity contribution in [3.8, 4) is 0 Å². The fourth-order valence-corrected chi connectivity index (χ4v) is 2.91. The molecule has 3 N–H and O–H groups in total. The van der Waals surface area contributed by atoms with Gasteiger partial charge in [0.15, 0.2) is 0 Å². The minimum atomic E-state index is -0.244. The van der Waals surface area contributed by atoms with E-state index in [1.165, 1.54) is 23.5 Å². The van der Waals surface area contributed by atoms with Gasteiger partial charge in [0, 0.05) is 4.88 Å². The van der Waals surface area contributed by atoms with Gasteiger partial charge >= 0.3 is 0 Å². The summed E-state index contributed by atoms with van der Waals surface area (Å²) in [4.78, 5) is 1.01. The third-order valence-corrected chi connectivity index (χ3v) is 3.88. The summed E-state index contributed by atoms with van der Waals surface area (Å²) in [7, 11) is 0. The molecule has 2 rings (SSSR count). The van der Waals surface area contributed by atoms with Gasteiger partial charge < -0.3 is 0 Å². The lowest BCUT2D eigenvalue weighted by atomic mass is 10.0. The minimum Gasteiger partial charge on any atom is -0.271 e. The predicted molar refractivity (Wildman–Crippen MR) is 69.6 cm³/mol. The first-order chi connectivity index (χ1) is 8.11. The highest BCUT2D eigenvalue weighted by Gasteiger charge is 2.16. The SMILES string of the molecule is Cc1cc(F)ccc1C(NN)c1ccc(Cl)s1. The number of aryl methyl sites for hydroxylation is 1. The number of rotatable bonds is 3. The van der Waals surface area contributed by atoms with E-state index < -0.39 is 0 Å². The van der Waals surface area contributed by atoms with Crippen LogP contribution in [0.5, 0.6) is 0 Å². The second-order valence-corrected chi connectivity index (χ2v) is 5.49. The van der Waals surface area contributed by atoms with Crippen molar-refractivity contribution in [1.29, 1.82) is 0 Å². The molecule has 0 radical (unpaired) electrons. The lowest BCUT2D eigenvalue weighted by Gasteiger charge is -2.17. The van der Waals surface area contributed by atoms with Crippen molar-refractivity contribution < 1.29 is 4.39 Å². The van der Waals surface area contributed by atoms with Crippen LogP contribution in [-0.2, 0) is 0 Å². The second-order valence-electron chi connectivity index (χ2n) is 3.74. The smallest absolute Gasteiger partial charge is 0.123 e. The zero-order chi connectivity index (χ0) is 12.4. The van der Waals surface area contributed by atoms with Gasteiger partial charge in [-0.05, 0) is 42.3 Å². The number of thiophene rings is 1. The van der Waals surface area contributed by atoms with Crippen LogP contribution in [0, 0.1) is 12.7 Å². The zero-order valence-corrected chi connectivity index (χ0v) is 10.8. The Morgan fingerprint density at radius 2 is 2.12 bits per heavy atom. The van der Waals surface area contributed by atoms with Gasteiger partial charge in [0.1, 0.15) is 5.82 Å². The Kier molecular flexibility index (Phi) is 3.79. The van der Waals surface area contributed by atoms with E-state index in [4.69, 9.17) is 17.4 Å². The molecule has 0 bridgehead atoms. The Hall–Kier alpha value is -0.940. The van der Waals surface area contributed by atoms with Crippen LogP contribution in [0.15, 0.2) is 30.3 Å². The molecule has 0 saturated carbocycles. The average molecular weight is 271 g/mol. The zero-order valence-electron chi connectivity index (χ0n) is 9.21. The minimum absolute atomic E-state index is 0.159. The molecule has 90 valence electrons. The first-order valence-corrected chi connectivity index (χ1v) is 6.28. The van der Waals surface area contributed by atoms with Crippen molar-refractivity contribution in [3.63, 3.8) is 0 Å². The van der Waals surface area contributed by atoms with Gasteiger partial charge in [0.05, 0.1) is 10.4 Å². The van der Waals surface area contributed by atoms with Gasteiger partial charge in [-0.3, -0.25) is 5.84 Å². The maximum absolute atomic E-state index is 13.1. The van der Waals surface area contributed by atoms with Crippen LogP contribution in [0.2, 0.25) is 4.34 Å². The topological polar surface area (TPSA) is 38.0 Å². The molecule has 1 unspecified atom stereocenters. The van der Waals surface area contributed by atoms with Crippen LogP contribution >= 0.6 is 22.9 Å². The lowest BCUT2D eigenvalue weighted by Crippen LogP contribution is -2.28. The molecule has 1 atom stereocenters. The molecule has 1 heterocycles. The first kappa shape index (κ1) is 12.5. The maximum Gasteiger partial charge on any atom is 0.123 e. The number of benzene rings is 1. The Morgan fingerprint density at radius 3 is 2.65 bits per heavy atom. The fourth-order valence-electron chi connectivity index (χ4n) is 1.77. The normalized spacial score (nSPS) is 12.7. The number of hydrazine groups is 1. The molecule has 0 aliphatic rings. The molecule has 2 nitrogen and oxygen atoms in total. The van der Waals surface area contributed by atoms with Crippen LogP contribution in [0.4, 0.5) is 4.39 Å². The van der Waals surface area contributed by atoms with Crippen molar-refractivity contribution >= 4 is 22.9 Å². The first-order valence-electron chi connectivity index (χ1n) is 5.09. The summed E-state index contributed by atoms with van der Waals surface area (Å²) >= 11 is 7.36. The average Bonchev–Trinajstić information content (AvgIpc) is 2.69. The van der Waals surface area contributed by atoms with E-state index in [9.17, 15) is 4.39 Å². The molecule has 0 aliphatic heterocycles. The summed E-state index contributed by atoms with van der Waals surface area (Å²) in [6, 6.07) is 8.25. The molecule has 17 heavy (non-hydrogen) atoms. The summed E-state index contributed by atoms with van der Waals surface area (Å²) < 4.78 is 13.8.